The minimum atomic E-state index is 0.836. The van der Waals surface area contributed by atoms with Crippen LogP contribution >= 0.6 is 11.3 Å². The Bertz CT molecular complexity index is 429. The van der Waals surface area contributed by atoms with Crippen LogP contribution < -0.4 is 9.88 Å². The second-order valence-corrected chi connectivity index (χ2v) is 4.86. The van der Waals surface area contributed by atoms with E-state index in [9.17, 15) is 0 Å². The van der Waals surface area contributed by atoms with Crippen molar-refractivity contribution < 1.29 is 0 Å². The minimum absolute atomic E-state index is 0.836. The van der Waals surface area contributed by atoms with Crippen molar-refractivity contribution in [3.05, 3.63) is 15.4 Å². The lowest BCUT2D eigenvalue weighted by Crippen LogP contribution is -2.32. The molecule has 0 N–H and O–H groups in total. The van der Waals surface area contributed by atoms with E-state index in [1.54, 1.807) is 16.9 Å². The van der Waals surface area contributed by atoms with Crippen LogP contribution in [0.5, 0.6) is 0 Å². The quantitative estimate of drug-likeness (QED) is 0.608. The fourth-order valence-corrected chi connectivity index (χ4v) is 3.31. The molecule has 1 unspecified atom stereocenters. The van der Waals surface area contributed by atoms with Gasteiger partial charge < -0.3 is 0 Å². The third-order valence-corrected chi connectivity index (χ3v) is 4.05. The Hall–Kier alpha value is -0.630. The van der Waals surface area contributed by atoms with E-state index in [1.807, 2.05) is 5.51 Å². The first-order chi connectivity index (χ1) is 6.45. The van der Waals surface area contributed by atoms with Gasteiger partial charge in [-0.15, -0.1) is 11.3 Å². The van der Waals surface area contributed by atoms with E-state index >= 15 is 0 Å². The van der Waals surface area contributed by atoms with E-state index in [2.05, 4.69) is 11.1 Å². The average Bonchev–Trinajstić information content (AvgIpc) is 2.65. The maximum absolute atomic E-state index is 4.49. The van der Waals surface area contributed by atoms with Gasteiger partial charge in [-0.1, -0.05) is 12.5 Å². The molecule has 1 fully saturated rings. The first-order valence-electron chi connectivity index (χ1n) is 5.08. The zero-order valence-electron chi connectivity index (χ0n) is 7.62. The Labute approximate surface area is 81.8 Å². The molecule has 0 radical (unpaired) electrons. The highest BCUT2D eigenvalue weighted by Gasteiger charge is 2.21. The van der Waals surface area contributed by atoms with Gasteiger partial charge in [0, 0.05) is 0 Å². The van der Waals surface area contributed by atoms with Gasteiger partial charge in [0.25, 0.3) is 0 Å². The number of thiazole rings is 1. The largest absolute Gasteiger partial charge is 0.245 e. The maximum atomic E-state index is 4.49. The molecular formula is C11H13NS. The van der Waals surface area contributed by atoms with E-state index in [-0.39, 0.29) is 0 Å². The molecule has 0 amide bonds. The summed E-state index contributed by atoms with van der Waals surface area (Å²) in [5, 5.41) is 1.33. The van der Waals surface area contributed by atoms with Crippen molar-refractivity contribution in [2.45, 2.75) is 32.1 Å². The van der Waals surface area contributed by atoms with Crippen molar-refractivity contribution in [2.75, 3.05) is 0 Å². The molecule has 68 valence electrons. The molecule has 0 saturated heterocycles. The number of hydrogen-bond acceptors (Lipinski definition) is 2. The molecule has 2 aliphatic carbocycles. The molecule has 1 atom stereocenters. The molecule has 0 aromatic carbocycles. The number of hydrogen-bond donors (Lipinski definition) is 0. The zero-order valence-corrected chi connectivity index (χ0v) is 8.44. The second-order valence-electron chi connectivity index (χ2n) is 3.97. The normalized spacial score (nSPS) is 26.2. The zero-order chi connectivity index (χ0) is 8.67. The highest BCUT2D eigenvalue weighted by molar-refractivity contribution is 7.07. The van der Waals surface area contributed by atoms with Crippen LogP contribution in [0.15, 0.2) is 5.51 Å². The van der Waals surface area contributed by atoms with Crippen molar-refractivity contribution in [1.29, 1.82) is 0 Å². The summed E-state index contributed by atoms with van der Waals surface area (Å²) in [4.78, 5) is 4.49. The Balaban J connectivity index is 2.26. The SMILES string of the molecule is C1=c2scnc2=C2CCCCC2C1. The monoisotopic (exact) mass is 191 g/mol. The lowest BCUT2D eigenvalue weighted by molar-refractivity contribution is 0.507. The molecule has 1 heterocycles. The van der Waals surface area contributed by atoms with Gasteiger partial charge in [0.05, 0.1) is 15.4 Å². The van der Waals surface area contributed by atoms with Crippen molar-refractivity contribution in [1.82, 2.24) is 4.98 Å². The molecule has 1 aromatic heterocycles. The molecule has 1 nitrogen and oxygen atoms in total. The van der Waals surface area contributed by atoms with Gasteiger partial charge in [-0.2, -0.15) is 0 Å². The van der Waals surface area contributed by atoms with Crippen LogP contribution in [-0.2, 0) is 0 Å². The summed E-state index contributed by atoms with van der Waals surface area (Å²) in [6, 6.07) is 0. The molecular weight excluding hydrogens is 178 g/mol. The van der Waals surface area contributed by atoms with Gasteiger partial charge in [0.15, 0.2) is 0 Å². The van der Waals surface area contributed by atoms with E-state index < -0.39 is 0 Å². The van der Waals surface area contributed by atoms with Crippen LogP contribution in [0.4, 0.5) is 0 Å². The van der Waals surface area contributed by atoms with E-state index in [0.29, 0.717) is 0 Å². The topological polar surface area (TPSA) is 12.9 Å². The summed E-state index contributed by atoms with van der Waals surface area (Å²) in [6.45, 7) is 0. The lowest BCUT2D eigenvalue weighted by atomic mass is 9.80. The average molecular weight is 191 g/mol. The molecule has 1 aromatic rings. The van der Waals surface area contributed by atoms with Crippen LogP contribution in [0.1, 0.15) is 32.1 Å². The first kappa shape index (κ1) is 7.74. The molecule has 0 spiro atoms. The summed E-state index contributed by atoms with van der Waals surface area (Å²) < 4.78 is 1.42. The minimum Gasteiger partial charge on any atom is -0.245 e. The molecule has 3 rings (SSSR count). The van der Waals surface area contributed by atoms with Gasteiger partial charge in [-0.05, 0) is 37.2 Å². The van der Waals surface area contributed by atoms with Crippen molar-refractivity contribution in [2.24, 2.45) is 5.92 Å². The molecule has 1 saturated carbocycles. The third-order valence-electron chi connectivity index (χ3n) is 3.23. The molecule has 0 bridgehead atoms. The second kappa shape index (κ2) is 2.95. The van der Waals surface area contributed by atoms with E-state index in [0.717, 1.165) is 5.92 Å². The fraction of sp³-hybridized carbons (Fsp3) is 0.545. The van der Waals surface area contributed by atoms with Crippen LogP contribution in [0.2, 0.25) is 0 Å². The van der Waals surface area contributed by atoms with Crippen molar-refractivity contribution in [3.8, 4) is 0 Å². The van der Waals surface area contributed by atoms with Crippen molar-refractivity contribution >= 4 is 23.0 Å². The smallest absolute Gasteiger partial charge is 0.0805 e. The summed E-state index contributed by atoms with van der Waals surface area (Å²) in [6.07, 6.45) is 9.14. The van der Waals surface area contributed by atoms with Gasteiger partial charge in [0.2, 0.25) is 0 Å². The molecule has 2 aliphatic rings. The lowest BCUT2D eigenvalue weighted by Gasteiger charge is -2.25. The Morgan fingerprint density at radius 3 is 3.38 bits per heavy atom. The van der Waals surface area contributed by atoms with Gasteiger partial charge in [0.1, 0.15) is 0 Å². The van der Waals surface area contributed by atoms with Crippen molar-refractivity contribution in [3.63, 3.8) is 0 Å². The summed E-state index contributed by atoms with van der Waals surface area (Å²) >= 11 is 1.79. The van der Waals surface area contributed by atoms with E-state index in [4.69, 9.17) is 0 Å². The van der Waals surface area contributed by atoms with Crippen LogP contribution in [0.3, 0.4) is 0 Å². The predicted molar refractivity (Wildman–Crippen MR) is 55.8 cm³/mol. The summed E-state index contributed by atoms with van der Waals surface area (Å²) in [7, 11) is 0. The predicted octanol–water partition coefficient (Wildman–Crippen LogP) is 1.67. The summed E-state index contributed by atoms with van der Waals surface area (Å²) in [5.74, 6) is 0.836. The van der Waals surface area contributed by atoms with Gasteiger partial charge >= 0.3 is 0 Å². The number of nitrogens with zero attached hydrogens (tertiary/aromatic N) is 1. The molecule has 13 heavy (non-hydrogen) atoms. The summed E-state index contributed by atoms with van der Waals surface area (Å²) in [5.41, 5.74) is 3.65. The Morgan fingerprint density at radius 1 is 1.38 bits per heavy atom. The van der Waals surface area contributed by atoms with Crippen LogP contribution in [-0.4, -0.2) is 4.98 Å². The maximum Gasteiger partial charge on any atom is 0.0805 e. The third kappa shape index (κ3) is 1.16. The van der Waals surface area contributed by atoms with Gasteiger partial charge in [-0.3, -0.25) is 0 Å². The van der Waals surface area contributed by atoms with Crippen LogP contribution in [0.25, 0.3) is 11.6 Å². The molecule has 0 aliphatic heterocycles. The highest BCUT2D eigenvalue weighted by Crippen LogP contribution is 2.32. The number of fused-ring (bicyclic) bond motifs is 2. The van der Waals surface area contributed by atoms with Gasteiger partial charge in [-0.25, -0.2) is 4.98 Å². The van der Waals surface area contributed by atoms with Crippen LogP contribution in [0, 0.1) is 5.92 Å². The Morgan fingerprint density at radius 2 is 2.38 bits per heavy atom. The number of rotatable bonds is 0. The highest BCUT2D eigenvalue weighted by atomic mass is 32.1. The molecule has 2 heteroatoms. The number of aromatic nitrogens is 1. The standard InChI is InChI=1S/C11H13NS/c1-2-4-9-8(3-1)5-6-10-11(9)12-7-13-10/h6-8H,1-5H2. The Kier molecular flexibility index (Phi) is 1.76. The first-order valence-corrected chi connectivity index (χ1v) is 5.96. The van der Waals surface area contributed by atoms with E-state index in [1.165, 1.54) is 42.0 Å². The fourth-order valence-electron chi connectivity index (χ4n) is 2.55.